The summed E-state index contributed by atoms with van der Waals surface area (Å²) in [6.45, 7) is 0.739. The number of benzene rings is 2. The number of halogens is 1. The van der Waals surface area contributed by atoms with E-state index in [-0.39, 0.29) is 35.9 Å². The van der Waals surface area contributed by atoms with Crippen molar-refractivity contribution < 1.29 is 31.9 Å². The average Bonchev–Trinajstić information content (AvgIpc) is 2.77. The highest BCUT2D eigenvalue weighted by Gasteiger charge is 2.27. The van der Waals surface area contributed by atoms with E-state index in [9.17, 15) is 22.4 Å². The first-order valence-electron chi connectivity index (χ1n) is 9.22. The molecule has 30 heavy (non-hydrogen) atoms. The molecular formula is C20H21FN2O6S. The lowest BCUT2D eigenvalue weighted by molar-refractivity contribution is -0.124. The van der Waals surface area contributed by atoms with Crippen LogP contribution in [0.5, 0.6) is 0 Å². The predicted octanol–water partition coefficient (Wildman–Crippen LogP) is 1.32. The van der Waals surface area contributed by atoms with Crippen molar-refractivity contribution in [3.63, 3.8) is 0 Å². The largest absolute Gasteiger partial charge is 0.452 e. The molecular weight excluding hydrogens is 415 g/mol. The quantitative estimate of drug-likeness (QED) is 0.657. The summed E-state index contributed by atoms with van der Waals surface area (Å²) in [6.07, 6.45) is 0. The monoisotopic (exact) mass is 436 g/mol. The molecule has 0 aromatic heterocycles. The van der Waals surface area contributed by atoms with Gasteiger partial charge >= 0.3 is 5.97 Å². The molecule has 1 fully saturated rings. The third-order valence-corrected chi connectivity index (χ3v) is 6.31. The maximum Gasteiger partial charge on any atom is 0.338 e. The molecule has 0 atom stereocenters. The molecule has 2 aromatic carbocycles. The second kappa shape index (κ2) is 9.79. The number of nitrogens with zero attached hydrogens (tertiary/aromatic N) is 1. The number of rotatable bonds is 7. The van der Waals surface area contributed by atoms with Crippen LogP contribution in [0.3, 0.4) is 0 Å². The summed E-state index contributed by atoms with van der Waals surface area (Å²) < 4.78 is 49.7. The van der Waals surface area contributed by atoms with Crippen molar-refractivity contribution in [3.8, 4) is 0 Å². The van der Waals surface area contributed by atoms with Crippen LogP contribution in [0.25, 0.3) is 0 Å². The van der Waals surface area contributed by atoms with Crippen LogP contribution in [0.15, 0.2) is 53.4 Å². The van der Waals surface area contributed by atoms with E-state index in [0.717, 1.165) is 0 Å². The lowest BCUT2D eigenvalue weighted by Gasteiger charge is -2.26. The number of amides is 1. The summed E-state index contributed by atoms with van der Waals surface area (Å²) >= 11 is 0. The standard InChI is InChI=1S/C20H21FN2O6S/c21-17-6-4-15(5-7-17)13-22-19(24)14-29-20(25)16-2-1-3-18(12-16)30(26,27)23-8-10-28-11-9-23/h1-7,12H,8-11,13-14H2,(H,22,24). The van der Waals surface area contributed by atoms with Gasteiger partial charge in [0.2, 0.25) is 10.0 Å². The summed E-state index contributed by atoms with van der Waals surface area (Å²) in [7, 11) is -3.75. The first kappa shape index (κ1) is 21.9. The minimum atomic E-state index is -3.75. The van der Waals surface area contributed by atoms with E-state index in [1.165, 1.54) is 52.8 Å². The number of morpholine rings is 1. The molecule has 1 saturated heterocycles. The Balaban J connectivity index is 1.55. The van der Waals surface area contributed by atoms with Gasteiger partial charge in [0.1, 0.15) is 5.82 Å². The lowest BCUT2D eigenvalue weighted by atomic mass is 10.2. The number of sulfonamides is 1. The normalized spacial score (nSPS) is 14.8. The van der Waals surface area contributed by atoms with Crippen LogP contribution >= 0.6 is 0 Å². The fourth-order valence-electron chi connectivity index (χ4n) is 2.79. The highest BCUT2D eigenvalue weighted by atomic mass is 32.2. The minimum Gasteiger partial charge on any atom is -0.452 e. The van der Waals surface area contributed by atoms with Gasteiger partial charge in [0.05, 0.1) is 23.7 Å². The molecule has 0 spiro atoms. The van der Waals surface area contributed by atoms with Crippen LogP contribution < -0.4 is 5.32 Å². The smallest absolute Gasteiger partial charge is 0.338 e. The Labute approximate surface area is 173 Å². The zero-order valence-electron chi connectivity index (χ0n) is 16.0. The van der Waals surface area contributed by atoms with Gasteiger partial charge in [-0.1, -0.05) is 18.2 Å². The average molecular weight is 436 g/mol. The Morgan fingerprint density at radius 3 is 2.50 bits per heavy atom. The summed E-state index contributed by atoms with van der Waals surface area (Å²) in [5, 5.41) is 2.55. The van der Waals surface area contributed by atoms with Crippen molar-refractivity contribution in [2.75, 3.05) is 32.9 Å². The minimum absolute atomic E-state index is 0.0238. The van der Waals surface area contributed by atoms with Crippen LogP contribution in [0.1, 0.15) is 15.9 Å². The molecule has 160 valence electrons. The molecule has 0 bridgehead atoms. The molecule has 0 saturated carbocycles. The molecule has 1 N–H and O–H groups in total. The van der Waals surface area contributed by atoms with E-state index >= 15 is 0 Å². The van der Waals surface area contributed by atoms with Gasteiger partial charge in [-0.3, -0.25) is 4.79 Å². The third-order valence-electron chi connectivity index (χ3n) is 4.41. The Hall–Kier alpha value is -2.82. The van der Waals surface area contributed by atoms with E-state index in [2.05, 4.69) is 5.32 Å². The Morgan fingerprint density at radius 1 is 1.10 bits per heavy atom. The summed E-state index contributed by atoms with van der Waals surface area (Å²) in [6, 6.07) is 11.1. The highest BCUT2D eigenvalue weighted by Crippen LogP contribution is 2.18. The van der Waals surface area contributed by atoms with Crippen molar-refractivity contribution in [2.24, 2.45) is 0 Å². The van der Waals surface area contributed by atoms with Crippen LogP contribution in [0, 0.1) is 5.82 Å². The maximum atomic E-state index is 12.9. The molecule has 1 heterocycles. The van der Waals surface area contributed by atoms with Crippen LogP contribution in [-0.2, 0) is 30.8 Å². The molecule has 0 unspecified atom stereocenters. The first-order chi connectivity index (χ1) is 14.4. The van der Waals surface area contributed by atoms with E-state index in [1.807, 2.05) is 0 Å². The van der Waals surface area contributed by atoms with Gasteiger partial charge < -0.3 is 14.8 Å². The topological polar surface area (TPSA) is 102 Å². The second-order valence-corrected chi connectivity index (χ2v) is 8.46. The molecule has 1 aliphatic rings. The second-order valence-electron chi connectivity index (χ2n) is 6.52. The number of hydrogen-bond acceptors (Lipinski definition) is 6. The van der Waals surface area contributed by atoms with Gasteiger partial charge in [0.15, 0.2) is 6.61 Å². The van der Waals surface area contributed by atoms with Crippen LogP contribution in [-0.4, -0.2) is 57.5 Å². The fourth-order valence-corrected chi connectivity index (χ4v) is 4.24. The number of carbonyl (C=O) groups is 2. The van der Waals surface area contributed by atoms with Gasteiger partial charge in [-0.05, 0) is 35.9 Å². The lowest BCUT2D eigenvalue weighted by Crippen LogP contribution is -2.40. The van der Waals surface area contributed by atoms with Crippen LogP contribution in [0.4, 0.5) is 4.39 Å². The molecule has 2 aromatic rings. The van der Waals surface area contributed by atoms with Crippen molar-refractivity contribution in [1.29, 1.82) is 0 Å². The fraction of sp³-hybridized carbons (Fsp3) is 0.300. The molecule has 3 rings (SSSR count). The van der Waals surface area contributed by atoms with Gasteiger partial charge in [-0.25, -0.2) is 17.6 Å². The molecule has 1 amide bonds. The van der Waals surface area contributed by atoms with E-state index in [1.54, 1.807) is 0 Å². The third kappa shape index (κ3) is 5.62. The van der Waals surface area contributed by atoms with Crippen LogP contribution in [0.2, 0.25) is 0 Å². The number of esters is 1. The first-order valence-corrected chi connectivity index (χ1v) is 10.7. The number of ether oxygens (including phenoxy) is 2. The highest BCUT2D eigenvalue weighted by molar-refractivity contribution is 7.89. The maximum absolute atomic E-state index is 12.9. The summed E-state index contributed by atoms with van der Waals surface area (Å²) in [5.41, 5.74) is 0.716. The summed E-state index contributed by atoms with van der Waals surface area (Å²) in [5.74, 6) is -1.73. The van der Waals surface area contributed by atoms with Crippen molar-refractivity contribution >= 4 is 21.9 Å². The summed E-state index contributed by atoms with van der Waals surface area (Å²) in [4.78, 5) is 24.1. The molecule has 1 aliphatic heterocycles. The van der Waals surface area contributed by atoms with Gasteiger partial charge in [-0.2, -0.15) is 4.31 Å². The van der Waals surface area contributed by atoms with Gasteiger partial charge in [-0.15, -0.1) is 0 Å². The molecule has 0 radical (unpaired) electrons. The SMILES string of the molecule is O=C(COC(=O)c1cccc(S(=O)(=O)N2CCOCC2)c1)NCc1ccc(F)cc1. The predicted molar refractivity (Wildman–Crippen MR) is 105 cm³/mol. The Bertz CT molecular complexity index is 1000. The van der Waals surface area contributed by atoms with E-state index < -0.39 is 28.5 Å². The Morgan fingerprint density at radius 2 is 1.80 bits per heavy atom. The number of hydrogen-bond donors (Lipinski definition) is 1. The van der Waals surface area contributed by atoms with E-state index in [4.69, 9.17) is 9.47 Å². The Kier molecular flexibility index (Phi) is 7.14. The zero-order valence-corrected chi connectivity index (χ0v) is 16.9. The van der Waals surface area contributed by atoms with E-state index in [0.29, 0.717) is 18.8 Å². The zero-order chi connectivity index (χ0) is 21.6. The van der Waals surface area contributed by atoms with Crippen molar-refractivity contribution in [3.05, 3.63) is 65.5 Å². The van der Waals surface area contributed by atoms with Gasteiger partial charge in [0.25, 0.3) is 5.91 Å². The number of carbonyl (C=O) groups excluding carboxylic acids is 2. The molecule has 10 heteroatoms. The van der Waals surface area contributed by atoms with Crippen molar-refractivity contribution in [1.82, 2.24) is 9.62 Å². The number of nitrogens with one attached hydrogen (secondary N) is 1. The molecule has 8 nitrogen and oxygen atoms in total. The van der Waals surface area contributed by atoms with Gasteiger partial charge in [0, 0.05) is 19.6 Å². The van der Waals surface area contributed by atoms with Crippen molar-refractivity contribution in [2.45, 2.75) is 11.4 Å². The molecule has 0 aliphatic carbocycles.